The Kier molecular flexibility index (Phi) is 5.53. The molecule has 0 saturated heterocycles. The minimum absolute atomic E-state index is 1.38. The van der Waals surface area contributed by atoms with Gasteiger partial charge in [0.05, 0.1) is 0 Å². The van der Waals surface area contributed by atoms with Crippen molar-refractivity contribution in [3.8, 4) is 0 Å². The zero-order chi connectivity index (χ0) is 10.4. The van der Waals surface area contributed by atoms with E-state index < -0.39 is 11.4 Å². The normalized spacial score (nSPS) is 9.38. The number of hydrogen-bond acceptors (Lipinski definition) is 1. The maximum atomic E-state index is 8.67. The van der Waals surface area contributed by atoms with Crippen LogP contribution in [0.1, 0.15) is 16.7 Å². The lowest BCUT2D eigenvalue weighted by Gasteiger charge is -2.00. The van der Waals surface area contributed by atoms with Crippen LogP contribution in [-0.4, -0.2) is 13.3 Å². The molecule has 0 aromatic heterocycles. The van der Waals surface area contributed by atoms with Crippen LogP contribution in [0.5, 0.6) is 0 Å². The van der Waals surface area contributed by atoms with E-state index in [1.165, 1.54) is 16.7 Å². The molecule has 0 unspecified atom stereocenters. The van der Waals surface area contributed by atoms with E-state index in [-0.39, 0.29) is 0 Å². The second-order valence-electron chi connectivity index (χ2n) is 2.75. The lowest BCUT2D eigenvalue weighted by Crippen LogP contribution is -1.82. The zero-order valence-corrected chi connectivity index (χ0v) is 8.76. The van der Waals surface area contributed by atoms with Crippen molar-refractivity contribution < 1.29 is 13.3 Å². The Hall–Kier alpha value is -0.710. The summed E-state index contributed by atoms with van der Waals surface area (Å²) in [5.74, 6) is 0. The number of rotatable bonds is 0. The molecule has 13 heavy (non-hydrogen) atoms. The summed E-state index contributed by atoms with van der Waals surface area (Å²) >= 11 is -2.61. The van der Waals surface area contributed by atoms with Crippen molar-refractivity contribution in [3.63, 3.8) is 0 Å². The molecule has 0 radical (unpaired) electrons. The van der Waals surface area contributed by atoms with Gasteiger partial charge in [-0.05, 0) is 37.5 Å². The summed E-state index contributed by atoms with van der Waals surface area (Å²) in [5.41, 5.74) is 4.18. The Morgan fingerprint density at radius 3 is 1.62 bits per heavy atom. The van der Waals surface area contributed by atoms with E-state index in [0.717, 1.165) is 0 Å². The van der Waals surface area contributed by atoms with Gasteiger partial charge in [-0.15, -0.1) is 0 Å². The molecule has 0 bridgehead atoms. The molecule has 1 rings (SSSR count). The number of aryl methyl sites for hydroxylation is 2. The Morgan fingerprint density at radius 2 is 1.38 bits per heavy atom. The van der Waals surface area contributed by atoms with E-state index in [4.69, 9.17) is 13.3 Å². The summed E-state index contributed by atoms with van der Waals surface area (Å²) in [6.07, 6.45) is 0. The van der Waals surface area contributed by atoms with Crippen LogP contribution >= 0.6 is 0 Å². The molecule has 0 amide bonds. The third kappa shape index (κ3) is 5.52. The third-order valence-electron chi connectivity index (χ3n) is 1.88. The average Bonchev–Trinajstić information content (AvgIpc) is 1.99. The molecular weight excluding hydrogens is 188 g/mol. The van der Waals surface area contributed by atoms with Crippen molar-refractivity contribution >= 4 is 11.4 Å². The van der Waals surface area contributed by atoms with Crippen LogP contribution in [0.25, 0.3) is 0 Å². The van der Waals surface area contributed by atoms with E-state index in [0.29, 0.717) is 0 Å². The Labute approximate surface area is 80.9 Å². The molecule has 0 atom stereocenters. The second kappa shape index (κ2) is 5.85. The zero-order valence-electron chi connectivity index (χ0n) is 7.94. The van der Waals surface area contributed by atoms with Gasteiger partial charge in [0.15, 0.2) is 0 Å². The molecule has 0 aliphatic heterocycles. The first-order valence-corrected chi connectivity index (χ1v) is 4.84. The van der Waals surface area contributed by atoms with E-state index >= 15 is 0 Å². The van der Waals surface area contributed by atoms with E-state index in [1.54, 1.807) is 0 Å². The second-order valence-corrected chi connectivity index (χ2v) is 3.21. The summed E-state index contributed by atoms with van der Waals surface area (Å²) in [6.45, 7) is 6.44. The smallest absolute Gasteiger partial charge is 0.284 e. The Bertz CT molecular complexity index is 273. The fourth-order valence-electron chi connectivity index (χ4n) is 0.898. The van der Waals surface area contributed by atoms with Gasteiger partial charge in [0.2, 0.25) is 0 Å². The molecule has 0 fully saturated rings. The SMILES string of the molecule is Cc1cccc(C)c1C.O=S(O)O. The van der Waals surface area contributed by atoms with E-state index in [9.17, 15) is 0 Å². The van der Waals surface area contributed by atoms with Crippen molar-refractivity contribution in [2.45, 2.75) is 20.8 Å². The van der Waals surface area contributed by atoms with Crippen molar-refractivity contribution in [2.75, 3.05) is 0 Å². The highest BCUT2D eigenvalue weighted by atomic mass is 32.2. The summed E-state index contributed by atoms with van der Waals surface area (Å²) in [6, 6.07) is 6.38. The van der Waals surface area contributed by atoms with Crippen LogP contribution in [0.2, 0.25) is 0 Å². The monoisotopic (exact) mass is 202 g/mol. The topological polar surface area (TPSA) is 57.5 Å². The van der Waals surface area contributed by atoms with Gasteiger partial charge in [0.1, 0.15) is 0 Å². The van der Waals surface area contributed by atoms with Crippen LogP contribution in [0, 0.1) is 20.8 Å². The van der Waals surface area contributed by atoms with Gasteiger partial charge < -0.3 is 0 Å². The predicted molar refractivity (Wildman–Crippen MR) is 54.1 cm³/mol. The summed E-state index contributed by atoms with van der Waals surface area (Å²) in [4.78, 5) is 0. The minimum atomic E-state index is -2.61. The molecule has 1 aromatic carbocycles. The maximum absolute atomic E-state index is 8.67. The fourth-order valence-corrected chi connectivity index (χ4v) is 0.898. The highest BCUT2D eigenvalue weighted by Crippen LogP contribution is 2.09. The van der Waals surface area contributed by atoms with Gasteiger partial charge in [-0.3, -0.25) is 9.11 Å². The number of hydrogen-bond donors (Lipinski definition) is 2. The molecule has 74 valence electrons. The molecular formula is C9H14O3S. The van der Waals surface area contributed by atoms with Crippen molar-refractivity contribution in [1.29, 1.82) is 0 Å². The van der Waals surface area contributed by atoms with Crippen LogP contribution in [0.3, 0.4) is 0 Å². The lowest BCUT2D eigenvalue weighted by atomic mass is 10.1. The highest BCUT2D eigenvalue weighted by molar-refractivity contribution is 7.73. The minimum Gasteiger partial charge on any atom is -0.284 e. The molecule has 4 heteroatoms. The van der Waals surface area contributed by atoms with Crippen molar-refractivity contribution in [3.05, 3.63) is 34.9 Å². The average molecular weight is 202 g/mol. The maximum Gasteiger partial charge on any atom is 0.299 e. The molecule has 0 aliphatic carbocycles. The van der Waals surface area contributed by atoms with Crippen LogP contribution in [-0.2, 0) is 11.4 Å². The molecule has 0 saturated carbocycles. The molecule has 1 aromatic rings. The van der Waals surface area contributed by atoms with E-state index in [1.807, 2.05) is 0 Å². The highest BCUT2D eigenvalue weighted by Gasteiger charge is 1.91. The van der Waals surface area contributed by atoms with Crippen molar-refractivity contribution in [1.82, 2.24) is 0 Å². The molecule has 2 N–H and O–H groups in total. The van der Waals surface area contributed by atoms with Gasteiger partial charge >= 0.3 is 0 Å². The van der Waals surface area contributed by atoms with Gasteiger partial charge in [-0.2, -0.15) is 4.21 Å². The quantitative estimate of drug-likeness (QED) is 0.635. The van der Waals surface area contributed by atoms with Crippen molar-refractivity contribution in [2.24, 2.45) is 0 Å². The molecule has 0 spiro atoms. The predicted octanol–water partition coefficient (Wildman–Crippen LogP) is 2.29. The summed E-state index contributed by atoms with van der Waals surface area (Å²) in [5, 5.41) is 0. The summed E-state index contributed by atoms with van der Waals surface area (Å²) < 4.78 is 22.8. The first-order chi connectivity index (χ1) is 5.95. The Morgan fingerprint density at radius 1 is 1.08 bits per heavy atom. The lowest BCUT2D eigenvalue weighted by molar-refractivity contribution is 0.454. The van der Waals surface area contributed by atoms with E-state index in [2.05, 4.69) is 39.0 Å². The Balaban J connectivity index is 0.000000310. The number of benzene rings is 1. The first-order valence-electron chi connectivity index (χ1n) is 3.78. The van der Waals surface area contributed by atoms with Crippen LogP contribution in [0.15, 0.2) is 18.2 Å². The summed E-state index contributed by atoms with van der Waals surface area (Å²) in [7, 11) is 0. The van der Waals surface area contributed by atoms with Gasteiger partial charge in [0, 0.05) is 0 Å². The molecule has 0 heterocycles. The fraction of sp³-hybridized carbons (Fsp3) is 0.333. The van der Waals surface area contributed by atoms with Gasteiger partial charge in [-0.1, -0.05) is 18.2 Å². The molecule has 0 aliphatic rings. The third-order valence-corrected chi connectivity index (χ3v) is 1.88. The first kappa shape index (κ1) is 12.3. The largest absolute Gasteiger partial charge is 0.299 e. The molecule has 3 nitrogen and oxygen atoms in total. The standard InChI is InChI=1S/C9H12.H2O3S/c1-7-5-4-6-8(2)9(7)3;1-4(2)3/h4-6H,1-3H3;(H2,1,2,3). The van der Waals surface area contributed by atoms with Crippen LogP contribution in [0.4, 0.5) is 0 Å². The van der Waals surface area contributed by atoms with Gasteiger partial charge in [0.25, 0.3) is 11.4 Å². The van der Waals surface area contributed by atoms with Crippen LogP contribution < -0.4 is 0 Å². The van der Waals surface area contributed by atoms with Gasteiger partial charge in [-0.25, -0.2) is 0 Å².